The van der Waals surface area contributed by atoms with Gasteiger partial charge >= 0.3 is 0 Å². The number of nitrogens with one attached hydrogen (secondary N) is 2. The summed E-state index contributed by atoms with van der Waals surface area (Å²) < 4.78 is 13.4. The summed E-state index contributed by atoms with van der Waals surface area (Å²) in [7, 11) is 0. The molecule has 2 atom stereocenters. The fraction of sp³-hybridized carbons (Fsp3) is 0.500. The molecule has 2 rings (SSSR count). The zero-order valence-electron chi connectivity index (χ0n) is 10.7. The van der Waals surface area contributed by atoms with E-state index in [4.69, 9.17) is 0 Å². The number of benzene rings is 1. The summed E-state index contributed by atoms with van der Waals surface area (Å²) in [6.45, 7) is 3.63. The summed E-state index contributed by atoms with van der Waals surface area (Å²) in [6.07, 6.45) is 3.59. The van der Waals surface area contributed by atoms with E-state index in [-0.39, 0.29) is 17.4 Å². The number of piperidine rings is 1. The fourth-order valence-electron chi connectivity index (χ4n) is 2.48. The third-order valence-electron chi connectivity index (χ3n) is 3.62. The van der Waals surface area contributed by atoms with Gasteiger partial charge < -0.3 is 10.2 Å². The van der Waals surface area contributed by atoms with Gasteiger partial charge in [-0.05, 0) is 38.3 Å². The Kier molecular flexibility index (Phi) is 4.31. The number of hydrogen-bond acceptors (Lipinski definition) is 1. The second-order valence-electron chi connectivity index (χ2n) is 5.01. The lowest BCUT2D eigenvalue weighted by Gasteiger charge is -2.29. The van der Waals surface area contributed by atoms with Crippen molar-refractivity contribution in [2.75, 3.05) is 18.4 Å². The van der Waals surface area contributed by atoms with Crippen molar-refractivity contribution in [2.24, 2.45) is 0 Å². The molecule has 0 aliphatic carbocycles. The number of carbonyl (C=O) groups is 1. The first-order chi connectivity index (χ1) is 8.66. The molecule has 1 aromatic carbocycles. The van der Waals surface area contributed by atoms with E-state index >= 15 is 0 Å². The lowest BCUT2D eigenvalue weighted by atomic mass is 10.0. The molecule has 1 aliphatic rings. The number of likely N-dealkylation sites (tertiary alicyclic amines) is 1. The number of amides is 1. The molecule has 98 valence electrons. The molecule has 4 heteroatoms. The van der Waals surface area contributed by atoms with Gasteiger partial charge in [-0.3, -0.25) is 4.79 Å². The number of para-hydroxylation sites is 1. The Morgan fingerprint density at radius 1 is 1.44 bits per heavy atom. The molecule has 2 N–H and O–H groups in total. The highest BCUT2D eigenvalue weighted by atomic mass is 19.1. The molecule has 0 saturated carbocycles. The number of carbonyl (C=O) groups excluding carboxylic acids is 1. The third kappa shape index (κ3) is 3.29. The van der Waals surface area contributed by atoms with E-state index in [1.807, 2.05) is 0 Å². The zero-order valence-corrected chi connectivity index (χ0v) is 10.7. The molecule has 1 unspecified atom stereocenters. The molecule has 1 fully saturated rings. The van der Waals surface area contributed by atoms with Crippen molar-refractivity contribution >= 4 is 11.6 Å². The Bertz CT molecular complexity index is 422. The zero-order chi connectivity index (χ0) is 13.0. The van der Waals surface area contributed by atoms with Crippen molar-refractivity contribution < 1.29 is 14.1 Å². The molecule has 0 aromatic heterocycles. The van der Waals surface area contributed by atoms with Crippen LogP contribution in [-0.2, 0) is 4.79 Å². The number of anilines is 1. The molecule has 1 heterocycles. The fourth-order valence-corrected chi connectivity index (χ4v) is 2.48. The van der Waals surface area contributed by atoms with E-state index in [1.54, 1.807) is 18.2 Å². The average Bonchev–Trinajstić information content (AvgIpc) is 2.35. The first-order valence-corrected chi connectivity index (χ1v) is 6.56. The molecule has 1 aromatic rings. The van der Waals surface area contributed by atoms with Gasteiger partial charge in [0.15, 0.2) is 6.54 Å². The summed E-state index contributed by atoms with van der Waals surface area (Å²) in [6, 6.07) is 6.79. The minimum Gasteiger partial charge on any atom is -0.325 e. The van der Waals surface area contributed by atoms with Gasteiger partial charge in [-0.15, -0.1) is 0 Å². The van der Waals surface area contributed by atoms with Gasteiger partial charge in [0.2, 0.25) is 0 Å². The van der Waals surface area contributed by atoms with Crippen molar-refractivity contribution in [2.45, 2.75) is 32.2 Å². The highest BCUT2D eigenvalue weighted by molar-refractivity contribution is 5.91. The number of quaternary nitrogens is 1. The maximum absolute atomic E-state index is 13.4. The quantitative estimate of drug-likeness (QED) is 0.832. The number of rotatable bonds is 3. The Morgan fingerprint density at radius 3 is 2.94 bits per heavy atom. The van der Waals surface area contributed by atoms with Crippen LogP contribution in [0.2, 0.25) is 0 Å². The monoisotopic (exact) mass is 251 g/mol. The molecular weight excluding hydrogens is 231 g/mol. The van der Waals surface area contributed by atoms with E-state index < -0.39 is 0 Å². The molecule has 0 spiro atoms. The minimum absolute atomic E-state index is 0.108. The third-order valence-corrected chi connectivity index (χ3v) is 3.62. The lowest BCUT2D eigenvalue weighted by Crippen LogP contribution is -3.17. The van der Waals surface area contributed by atoms with E-state index in [0.717, 1.165) is 6.54 Å². The summed E-state index contributed by atoms with van der Waals surface area (Å²) in [5.41, 5.74) is 0.270. The highest BCUT2D eigenvalue weighted by Crippen LogP contribution is 2.11. The van der Waals surface area contributed by atoms with Crippen molar-refractivity contribution in [3.8, 4) is 0 Å². The molecule has 3 nitrogen and oxygen atoms in total. The standard InChI is InChI=1S/C14H19FN2O/c1-11-6-4-5-9-17(11)10-14(18)16-13-8-3-2-7-12(13)15/h2-3,7-8,11H,4-6,9-10H2,1H3,(H,16,18)/p+1/t11-/m1/s1. The molecule has 18 heavy (non-hydrogen) atoms. The largest absolute Gasteiger partial charge is 0.325 e. The van der Waals surface area contributed by atoms with Crippen LogP contribution in [0.15, 0.2) is 24.3 Å². The van der Waals surface area contributed by atoms with Crippen molar-refractivity contribution in [1.29, 1.82) is 0 Å². The first kappa shape index (κ1) is 13.0. The van der Waals surface area contributed by atoms with Crippen molar-refractivity contribution in [3.05, 3.63) is 30.1 Å². The van der Waals surface area contributed by atoms with E-state index in [0.29, 0.717) is 12.6 Å². The van der Waals surface area contributed by atoms with E-state index in [2.05, 4.69) is 12.2 Å². The highest BCUT2D eigenvalue weighted by Gasteiger charge is 2.24. The van der Waals surface area contributed by atoms with Crippen LogP contribution in [0.3, 0.4) is 0 Å². The Hall–Kier alpha value is -1.42. The minimum atomic E-state index is -0.382. The molecule has 1 aliphatic heterocycles. The van der Waals surface area contributed by atoms with Gasteiger partial charge in [-0.2, -0.15) is 0 Å². The van der Waals surface area contributed by atoms with Gasteiger partial charge in [0.05, 0.1) is 18.3 Å². The summed E-state index contributed by atoms with van der Waals surface area (Å²) in [5, 5.41) is 2.64. The van der Waals surface area contributed by atoms with Crippen molar-refractivity contribution in [1.82, 2.24) is 0 Å². The topological polar surface area (TPSA) is 33.5 Å². The van der Waals surface area contributed by atoms with Gasteiger partial charge in [0, 0.05) is 0 Å². The van der Waals surface area contributed by atoms with Crippen LogP contribution in [0.25, 0.3) is 0 Å². The smallest absolute Gasteiger partial charge is 0.279 e. The van der Waals surface area contributed by atoms with Crippen LogP contribution in [0.4, 0.5) is 10.1 Å². The van der Waals surface area contributed by atoms with Crippen LogP contribution in [0.1, 0.15) is 26.2 Å². The summed E-state index contributed by atoms with van der Waals surface area (Å²) in [4.78, 5) is 13.2. The molecule has 1 amide bonds. The lowest BCUT2D eigenvalue weighted by molar-refractivity contribution is -0.920. The normalized spacial score (nSPS) is 23.7. The summed E-state index contributed by atoms with van der Waals surface area (Å²) in [5.74, 6) is -0.489. The predicted molar refractivity (Wildman–Crippen MR) is 69.0 cm³/mol. The van der Waals surface area contributed by atoms with E-state index in [9.17, 15) is 9.18 Å². The molecule has 0 bridgehead atoms. The van der Waals surface area contributed by atoms with Crippen LogP contribution in [0, 0.1) is 5.82 Å². The van der Waals surface area contributed by atoms with Crippen LogP contribution >= 0.6 is 0 Å². The van der Waals surface area contributed by atoms with E-state index in [1.165, 1.54) is 30.2 Å². The van der Waals surface area contributed by atoms with Crippen molar-refractivity contribution in [3.63, 3.8) is 0 Å². The average molecular weight is 251 g/mol. The molecule has 1 saturated heterocycles. The Morgan fingerprint density at radius 2 is 2.22 bits per heavy atom. The van der Waals surface area contributed by atoms with Gasteiger partial charge in [-0.1, -0.05) is 12.1 Å². The second kappa shape index (κ2) is 5.96. The maximum atomic E-state index is 13.4. The summed E-state index contributed by atoms with van der Waals surface area (Å²) >= 11 is 0. The van der Waals surface area contributed by atoms with Crippen LogP contribution in [0.5, 0.6) is 0 Å². The SMILES string of the molecule is C[C@@H]1CCCC[NH+]1CC(=O)Nc1ccccc1F. The second-order valence-corrected chi connectivity index (χ2v) is 5.01. The van der Waals surface area contributed by atoms with Crippen LogP contribution in [-0.4, -0.2) is 25.0 Å². The van der Waals surface area contributed by atoms with Gasteiger partial charge in [0.25, 0.3) is 5.91 Å². The first-order valence-electron chi connectivity index (χ1n) is 6.56. The Balaban J connectivity index is 1.90. The number of halogens is 1. The number of hydrogen-bond donors (Lipinski definition) is 2. The van der Waals surface area contributed by atoms with Gasteiger partial charge in [-0.25, -0.2) is 4.39 Å². The maximum Gasteiger partial charge on any atom is 0.279 e. The Labute approximate surface area is 107 Å². The predicted octanol–water partition coefficient (Wildman–Crippen LogP) is 1.22. The van der Waals surface area contributed by atoms with Gasteiger partial charge in [0.1, 0.15) is 5.82 Å². The molecular formula is C14H20FN2O+. The molecule has 0 radical (unpaired) electrons. The van der Waals surface area contributed by atoms with Crippen LogP contribution < -0.4 is 10.2 Å².